The summed E-state index contributed by atoms with van der Waals surface area (Å²) in [6.07, 6.45) is 5.43. The first-order valence-corrected chi connectivity index (χ1v) is 13.8. The van der Waals surface area contributed by atoms with E-state index in [9.17, 15) is 18.8 Å². The molecule has 2 atom stereocenters. The predicted octanol–water partition coefficient (Wildman–Crippen LogP) is 4.21. The van der Waals surface area contributed by atoms with Gasteiger partial charge in [-0.25, -0.2) is 13.8 Å². The van der Waals surface area contributed by atoms with Crippen LogP contribution in [-0.2, 0) is 4.79 Å². The van der Waals surface area contributed by atoms with Gasteiger partial charge in [-0.1, -0.05) is 12.1 Å². The number of ketones is 1. The van der Waals surface area contributed by atoms with Crippen molar-refractivity contribution in [2.75, 3.05) is 13.7 Å². The number of carbonyl (C=O) groups excluding carboxylic acids is 1. The highest BCUT2D eigenvalue weighted by molar-refractivity contribution is 6.18. The second-order valence-electron chi connectivity index (χ2n) is 11.2. The molecule has 4 heterocycles. The molecular formula is C30H33F2N5O2. The van der Waals surface area contributed by atoms with E-state index in [1.165, 1.54) is 6.92 Å². The molecule has 2 unspecified atom stereocenters. The molecule has 0 radical (unpaired) electrons. The Balaban J connectivity index is 1.52. The maximum Gasteiger partial charge on any atom is 0.272 e. The van der Waals surface area contributed by atoms with Crippen LogP contribution in [-0.4, -0.2) is 57.8 Å². The van der Waals surface area contributed by atoms with Crippen molar-refractivity contribution in [1.82, 2.24) is 19.9 Å². The van der Waals surface area contributed by atoms with Crippen LogP contribution < -0.4 is 15.3 Å². The van der Waals surface area contributed by atoms with Gasteiger partial charge in [0.1, 0.15) is 24.0 Å². The first-order chi connectivity index (χ1) is 18.8. The predicted molar refractivity (Wildman–Crippen MR) is 144 cm³/mol. The van der Waals surface area contributed by atoms with Gasteiger partial charge in [-0.3, -0.25) is 4.79 Å². The lowest BCUT2D eigenvalue weighted by atomic mass is 9.84. The molecule has 3 aromatic rings. The first-order valence-electron chi connectivity index (χ1n) is 13.8. The van der Waals surface area contributed by atoms with E-state index in [0.29, 0.717) is 56.4 Å². The van der Waals surface area contributed by atoms with Gasteiger partial charge in [0, 0.05) is 28.9 Å². The highest BCUT2D eigenvalue weighted by Gasteiger charge is 2.40. The molecule has 204 valence electrons. The number of aromatic amines is 2. The Morgan fingerprint density at radius 3 is 2.51 bits per heavy atom. The van der Waals surface area contributed by atoms with E-state index in [4.69, 9.17) is 9.72 Å². The fourth-order valence-corrected chi connectivity index (χ4v) is 6.75. The Morgan fingerprint density at radius 1 is 1.21 bits per heavy atom. The van der Waals surface area contributed by atoms with E-state index in [1.807, 2.05) is 25.1 Å². The molecule has 6 rings (SSSR count). The number of hydrogen-bond donors (Lipinski definition) is 2. The molecule has 0 amide bonds. The molecule has 0 spiro atoms. The average Bonchev–Trinajstić information content (AvgIpc) is 3.52. The number of benzene rings is 1. The molecule has 1 aromatic carbocycles. The van der Waals surface area contributed by atoms with E-state index >= 15 is 0 Å². The SMILES string of the molecule is C/C=c1/c(C#N)c(C2CC2)[nH]/c1=C(/C(C)=O)c1nc2c(OCC(F)F)c(C3CC4CCC(C3)N4C)ccc2[nH]1. The number of aromatic nitrogens is 3. The van der Waals surface area contributed by atoms with Gasteiger partial charge in [-0.15, -0.1) is 0 Å². The van der Waals surface area contributed by atoms with E-state index in [0.717, 1.165) is 49.8 Å². The number of nitrogens with zero attached hydrogens (tertiary/aromatic N) is 3. The van der Waals surface area contributed by atoms with E-state index in [-0.39, 0.29) is 17.6 Å². The molecule has 1 saturated carbocycles. The second-order valence-corrected chi connectivity index (χ2v) is 11.2. The number of H-pyrrole nitrogens is 2. The summed E-state index contributed by atoms with van der Waals surface area (Å²) >= 11 is 0. The number of carbonyl (C=O) groups is 1. The van der Waals surface area contributed by atoms with Gasteiger partial charge in [0.25, 0.3) is 6.43 Å². The normalized spacial score (nSPS) is 24.4. The molecule has 2 aromatic heterocycles. The standard InChI is InChI=1S/C30H33F2N5O2/c1-4-20-22(13-33)26(16-5-6-16)35-27(20)25(15(2)38)30-34-23-10-9-21(29(28(23)36-30)39-14-24(31)32)17-11-18-7-8-19(12-17)37(18)3/h4,9-10,16-19,24,35H,5-8,11-12,14H2,1-3H3,(H,34,36)/b20-4-,27-25-. The lowest BCUT2D eigenvalue weighted by Gasteiger charge is -2.37. The summed E-state index contributed by atoms with van der Waals surface area (Å²) in [5.74, 6) is 0.967. The smallest absolute Gasteiger partial charge is 0.272 e. The number of nitrogens with one attached hydrogen (secondary N) is 2. The van der Waals surface area contributed by atoms with Crippen LogP contribution in [0.5, 0.6) is 5.75 Å². The zero-order valence-electron chi connectivity index (χ0n) is 22.5. The minimum atomic E-state index is -2.62. The van der Waals surface area contributed by atoms with Crippen molar-refractivity contribution in [3.05, 3.63) is 45.3 Å². The molecule has 1 aliphatic carbocycles. The zero-order chi connectivity index (χ0) is 27.4. The van der Waals surface area contributed by atoms with Gasteiger partial charge in [0.15, 0.2) is 11.5 Å². The second kappa shape index (κ2) is 9.91. The van der Waals surface area contributed by atoms with Gasteiger partial charge in [0.05, 0.1) is 22.0 Å². The van der Waals surface area contributed by atoms with Gasteiger partial charge in [0.2, 0.25) is 0 Å². The Morgan fingerprint density at radius 2 is 1.92 bits per heavy atom. The van der Waals surface area contributed by atoms with Crippen LogP contribution >= 0.6 is 0 Å². The number of halogens is 2. The van der Waals surface area contributed by atoms with E-state index in [2.05, 4.69) is 28.0 Å². The van der Waals surface area contributed by atoms with Crippen molar-refractivity contribution < 1.29 is 18.3 Å². The summed E-state index contributed by atoms with van der Waals surface area (Å²) in [7, 11) is 2.17. The number of alkyl halides is 2. The zero-order valence-corrected chi connectivity index (χ0v) is 22.5. The summed E-state index contributed by atoms with van der Waals surface area (Å²) in [5.41, 5.74) is 3.72. The van der Waals surface area contributed by atoms with Crippen LogP contribution in [0.1, 0.15) is 86.9 Å². The van der Waals surface area contributed by atoms with Crippen LogP contribution in [0.25, 0.3) is 22.7 Å². The molecule has 39 heavy (non-hydrogen) atoms. The number of fused-ring (bicyclic) bond motifs is 3. The number of Topliss-reactive ketones (excluding diaryl/α,β-unsaturated/α-hetero) is 1. The number of piperidine rings is 1. The summed E-state index contributed by atoms with van der Waals surface area (Å²) < 4.78 is 32.4. The molecule has 3 aliphatic rings. The molecule has 3 fully saturated rings. The molecule has 7 nitrogen and oxygen atoms in total. The first kappa shape index (κ1) is 25.8. The van der Waals surface area contributed by atoms with Crippen LogP contribution in [0, 0.1) is 11.3 Å². The molecule has 2 bridgehead atoms. The minimum absolute atomic E-state index is 0.191. The van der Waals surface area contributed by atoms with Crippen LogP contribution in [0.15, 0.2) is 12.1 Å². The largest absolute Gasteiger partial charge is 0.485 e. The summed E-state index contributed by atoms with van der Waals surface area (Å²) in [6.45, 7) is 2.59. The van der Waals surface area contributed by atoms with Crippen LogP contribution in [0.2, 0.25) is 0 Å². The quantitative estimate of drug-likeness (QED) is 0.474. The van der Waals surface area contributed by atoms with Crippen molar-refractivity contribution in [3.63, 3.8) is 0 Å². The number of ether oxygens (including phenoxy) is 1. The third-order valence-corrected chi connectivity index (χ3v) is 8.82. The fourth-order valence-electron chi connectivity index (χ4n) is 6.75. The molecule has 9 heteroatoms. The summed E-state index contributed by atoms with van der Waals surface area (Å²) in [4.78, 5) is 26.9. The van der Waals surface area contributed by atoms with Crippen LogP contribution in [0.4, 0.5) is 8.78 Å². The number of hydrogen-bond acceptors (Lipinski definition) is 5. The van der Waals surface area contributed by atoms with E-state index in [1.54, 1.807) is 0 Å². The monoisotopic (exact) mass is 533 g/mol. The molecule has 2 N–H and O–H groups in total. The van der Waals surface area contributed by atoms with Crippen molar-refractivity contribution in [2.45, 2.75) is 82.7 Å². The average molecular weight is 534 g/mol. The Bertz CT molecular complexity index is 1600. The molecule has 2 aliphatic heterocycles. The Labute approximate surface area is 225 Å². The number of nitriles is 1. The van der Waals surface area contributed by atoms with Gasteiger partial charge in [-0.2, -0.15) is 5.26 Å². The van der Waals surface area contributed by atoms with Gasteiger partial charge < -0.3 is 19.6 Å². The molecule has 2 saturated heterocycles. The lowest BCUT2D eigenvalue weighted by molar-refractivity contribution is -0.111. The van der Waals surface area contributed by atoms with Gasteiger partial charge >= 0.3 is 0 Å². The highest BCUT2D eigenvalue weighted by atomic mass is 19.3. The molecular weight excluding hydrogens is 500 g/mol. The maximum atomic E-state index is 13.3. The van der Waals surface area contributed by atoms with Crippen molar-refractivity contribution >= 4 is 28.5 Å². The third-order valence-electron chi connectivity index (χ3n) is 8.82. The highest BCUT2D eigenvalue weighted by Crippen LogP contribution is 2.46. The van der Waals surface area contributed by atoms with Gasteiger partial charge in [-0.05, 0) is 77.0 Å². The van der Waals surface area contributed by atoms with Crippen molar-refractivity contribution in [3.8, 4) is 11.8 Å². The summed E-state index contributed by atoms with van der Waals surface area (Å²) in [6, 6.07) is 7.14. The lowest BCUT2D eigenvalue weighted by Crippen LogP contribution is -2.39. The third kappa shape index (κ3) is 4.45. The van der Waals surface area contributed by atoms with Crippen LogP contribution in [0.3, 0.4) is 0 Å². The minimum Gasteiger partial charge on any atom is -0.485 e. The fraction of sp³-hybridized carbons (Fsp3) is 0.500. The number of rotatable bonds is 7. The Hall–Kier alpha value is -3.51. The van der Waals surface area contributed by atoms with Crippen molar-refractivity contribution in [2.24, 2.45) is 0 Å². The van der Waals surface area contributed by atoms with E-state index < -0.39 is 13.0 Å². The maximum absolute atomic E-state index is 13.3. The van der Waals surface area contributed by atoms with Crippen molar-refractivity contribution in [1.29, 1.82) is 5.26 Å². The Kier molecular flexibility index (Phi) is 6.54. The summed E-state index contributed by atoms with van der Waals surface area (Å²) in [5, 5.41) is 11.1. The topological polar surface area (TPSA) is 97.8 Å². The number of imidazole rings is 1.